The Hall–Kier alpha value is -0.863. The first kappa shape index (κ1) is 20.4. The van der Waals surface area contributed by atoms with Crippen LogP contribution in [0.4, 0.5) is 0 Å². The van der Waals surface area contributed by atoms with Gasteiger partial charge in [-0.25, -0.2) is 0 Å². The van der Waals surface area contributed by atoms with Gasteiger partial charge in [0.15, 0.2) is 0 Å². The summed E-state index contributed by atoms with van der Waals surface area (Å²) < 4.78 is 5.81. The van der Waals surface area contributed by atoms with Gasteiger partial charge in [-0.3, -0.25) is 0 Å². The van der Waals surface area contributed by atoms with Crippen LogP contribution in [0, 0.1) is 0 Å². The van der Waals surface area contributed by atoms with Gasteiger partial charge in [-0.15, -0.1) is 0 Å². The molecule has 0 aliphatic heterocycles. The van der Waals surface area contributed by atoms with Crippen molar-refractivity contribution in [1.29, 1.82) is 0 Å². The lowest BCUT2D eigenvalue weighted by molar-refractivity contribution is -0.00472. The van der Waals surface area contributed by atoms with Crippen molar-refractivity contribution in [3.63, 3.8) is 0 Å². The van der Waals surface area contributed by atoms with Crippen molar-refractivity contribution in [3.05, 3.63) is 41.5 Å². The Balaban J connectivity index is 1.80. The maximum atomic E-state index is 5.81. The van der Waals surface area contributed by atoms with Crippen molar-refractivity contribution in [2.75, 3.05) is 6.61 Å². The third-order valence-electron chi connectivity index (χ3n) is 4.82. The van der Waals surface area contributed by atoms with Gasteiger partial charge in [-0.05, 0) is 62.8 Å². The van der Waals surface area contributed by atoms with E-state index in [1.165, 1.54) is 43.7 Å². The van der Waals surface area contributed by atoms with Gasteiger partial charge in [0.05, 0.1) is 5.60 Å². The lowest BCUT2D eigenvalue weighted by Crippen LogP contribution is -2.21. The Morgan fingerprint density at radius 3 is 2.32 bits per heavy atom. The zero-order valence-electron chi connectivity index (χ0n) is 17.3. The Labute approximate surface area is 156 Å². The summed E-state index contributed by atoms with van der Waals surface area (Å²) in [6.45, 7) is 14.8. The number of unbranched alkanes of at least 4 members (excludes halogenated alkanes) is 3. The summed E-state index contributed by atoms with van der Waals surface area (Å²) in [5.41, 5.74) is 4.72. The summed E-state index contributed by atoms with van der Waals surface area (Å²) >= 11 is 0. The van der Waals surface area contributed by atoms with E-state index in [4.69, 9.17) is 4.74 Å². The number of ether oxygens (including phenoxy) is 1. The Kier molecular flexibility index (Phi) is 7.10. The molecule has 0 spiro atoms. The van der Waals surface area contributed by atoms with Crippen molar-refractivity contribution >= 4 is 13.6 Å². The molecule has 0 fully saturated rings. The summed E-state index contributed by atoms with van der Waals surface area (Å²) in [7, 11) is -1.05. The molecule has 0 amide bonds. The van der Waals surface area contributed by atoms with Crippen molar-refractivity contribution in [2.24, 2.45) is 0 Å². The topological polar surface area (TPSA) is 9.23 Å². The molecule has 2 rings (SSSR count). The molecule has 1 aromatic rings. The quantitative estimate of drug-likeness (QED) is 0.333. The molecule has 1 aromatic carbocycles. The van der Waals surface area contributed by atoms with E-state index in [2.05, 4.69) is 70.8 Å². The molecule has 2 heteroatoms. The fourth-order valence-corrected chi connectivity index (χ4v) is 5.39. The summed E-state index contributed by atoms with van der Waals surface area (Å²) in [6.07, 6.45) is 8.90. The van der Waals surface area contributed by atoms with Crippen LogP contribution in [0.25, 0.3) is 5.57 Å². The molecule has 0 radical (unpaired) electrons. The van der Waals surface area contributed by atoms with Gasteiger partial charge in [-0.2, -0.15) is 0 Å². The van der Waals surface area contributed by atoms with Crippen LogP contribution in [0.5, 0.6) is 0 Å². The number of rotatable bonds is 9. The monoisotopic (exact) mass is 358 g/mol. The Bertz CT molecular complexity index is 574. The number of allylic oxidation sites excluding steroid dienone is 2. The predicted octanol–water partition coefficient (Wildman–Crippen LogP) is 7.27. The molecule has 0 saturated carbocycles. The lowest BCUT2D eigenvalue weighted by Gasteiger charge is -2.20. The molecule has 25 heavy (non-hydrogen) atoms. The first-order valence-electron chi connectivity index (χ1n) is 10.1. The van der Waals surface area contributed by atoms with Gasteiger partial charge in [-0.1, -0.05) is 62.8 Å². The number of hydrogen-bond donors (Lipinski definition) is 0. The molecular formula is C23H38OSi. The van der Waals surface area contributed by atoms with E-state index in [-0.39, 0.29) is 5.60 Å². The second-order valence-corrected chi connectivity index (χ2v) is 15.3. The summed E-state index contributed by atoms with van der Waals surface area (Å²) in [5.74, 6) is 0.665. The first-order valence-corrected chi connectivity index (χ1v) is 13.8. The molecular weight excluding hydrogens is 320 g/mol. The van der Waals surface area contributed by atoms with Crippen LogP contribution in [-0.2, 0) is 4.74 Å². The third-order valence-corrected chi connectivity index (χ3v) is 6.48. The van der Waals surface area contributed by atoms with E-state index in [1.807, 2.05) is 0 Å². The fourth-order valence-electron chi connectivity index (χ4n) is 3.73. The Morgan fingerprint density at radius 2 is 1.64 bits per heavy atom. The summed E-state index contributed by atoms with van der Waals surface area (Å²) in [5, 5.41) is 0. The van der Waals surface area contributed by atoms with E-state index in [0.717, 1.165) is 6.61 Å². The summed E-state index contributed by atoms with van der Waals surface area (Å²) in [6, 6.07) is 10.5. The van der Waals surface area contributed by atoms with Crippen molar-refractivity contribution in [1.82, 2.24) is 0 Å². The van der Waals surface area contributed by atoms with Crippen LogP contribution < -0.4 is 0 Å². The number of benzene rings is 1. The molecule has 140 valence electrons. The fraction of sp³-hybridized carbons (Fsp3) is 0.652. The molecule has 0 N–H and O–H groups in total. The molecule has 0 saturated heterocycles. The minimum atomic E-state index is -1.05. The van der Waals surface area contributed by atoms with Gasteiger partial charge >= 0.3 is 0 Å². The van der Waals surface area contributed by atoms with E-state index in [9.17, 15) is 0 Å². The van der Waals surface area contributed by atoms with Crippen molar-refractivity contribution in [2.45, 2.75) is 90.1 Å². The smallest absolute Gasteiger partial charge is 0.0598 e. The highest BCUT2D eigenvalue weighted by molar-refractivity contribution is 6.76. The largest absolute Gasteiger partial charge is 0.376 e. The minimum absolute atomic E-state index is 0.00372. The standard InChI is InChI=1S/C23H38OSi/c1-23(2,3)24-16-12-8-7-9-13-19-17-20(18-25(4,5)6)22-15-11-10-14-21(19)22/h10-11,14-15,17,20H,7-9,12-13,16,18H2,1-6H3. The average Bonchev–Trinajstić information content (AvgIpc) is 2.82. The third kappa shape index (κ3) is 7.11. The average molecular weight is 359 g/mol. The van der Waals surface area contributed by atoms with Crippen LogP contribution in [-0.4, -0.2) is 20.3 Å². The summed E-state index contributed by atoms with van der Waals surface area (Å²) in [4.78, 5) is 0. The van der Waals surface area contributed by atoms with E-state index >= 15 is 0 Å². The van der Waals surface area contributed by atoms with E-state index < -0.39 is 8.07 Å². The SMILES string of the molecule is CC(C)(C)OCCCCCCC1=CC(C[Si](C)(C)C)c2ccccc21. The normalized spacial score (nSPS) is 17.5. The molecule has 1 aliphatic carbocycles. The van der Waals surface area contributed by atoms with Gasteiger partial charge < -0.3 is 4.74 Å². The van der Waals surface area contributed by atoms with Crippen molar-refractivity contribution in [3.8, 4) is 0 Å². The Morgan fingerprint density at radius 1 is 0.960 bits per heavy atom. The van der Waals surface area contributed by atoms with Crippen LogP contribution in [0.3, 0.4) is 0 Å². The van der Waals surface area contributed by atoms with E-state index in [1.54, 1.807) is 11.1 Å². The maximum Gasteiger partial charge on any atom is 0.0598 e. The second-order valence-electron chi connectivity index (χ2n) is 9.78. The first-order chi connectivity index (χ1) is 11.7. The van der Waals surface area contributed by atoms with Crippen LogP contribution in [0.1, 0.15) is 69.9 Å². The second kappa shape index (κ2) is 8.68. The highest BCUT2D eigenvalue weighted by atomic mass is 28.3. The van der Waals surface area contributed by atoms with Crippen LogP contribution in [0.15, 0.2) is 30.3 Å². The number of fused-ring (bicyclic) bond motifs is 1. The molecule has 0 aromatic heterocycles. The molecule has 1 aliphatic rings. The van der Waals surface area contributed by atoms with Crippen molar-refractivity contribution < 1.29 is 4.74 Å². The number of hydrogen-bond acceptors (Lipinski definition) is 1. The predicted molar refractivity (Wildman–Crippen MR) is 114 cm³/mol. The molecule has 1 atom stereocenters. The zero-order valence-corrected chi connectivity index (χ0v) is 18.3. The van der Waals surface area contributed by atoms with Gasteiger partial charge in [0.2, 0.25) is 0 Å². The molecule has 0 heterocycles. The van der Waals surface area contributed by atoms with E-state index in [0.29, 0.717) is 5.92 Å². The highest BCUT2D eigenvalue weighted by Crippen LogP contribution is 2.42. The van der Waals surface area contributed by atoms with Gasteiger partial charge in [0.25, 0.3) is 0 Å². The molecule has 0 bridgehead atoms. The lowest BCUT2D eigenvalue weighted by atomic mass is 9.99. The van der Waals surface area contributed by atoms with Crippen LogP contribution >= 0.6 is 0 Å². The van der Waals surface area contributed by atoms with Gasteiger partial charge in [0, 0.05) is 20.6 Å². The molecule has 1 nitrogen and oxygen atoms in total. The van der Waals surface area contributed by atoms with Crippen LogP contribution in [0.2, 0.25) is 25.7 Å². The van der Waals surface area contributed by atoms with Gasteiger partial charge in [0.1, 0.15) is 0 Å². The zero-order chi connectivity index (χ0) is 18.5. The minimum Gasteiger partial charge on any atom is -0.376 e. The highest BCUT2D eigenvalue weighted by Gasteiger charge is 2.27. The molecule has 1 unspecified atom stereocenters. The maximum absolute atomic E-state index is 5.81.